The number of fused-ring (bicyclic) bond motifs is 1. The summed E-state index contributed by atoms with van der Waals surface area (Å²) in [4.78, 5) is 33.8. The first kappa shape index (κ1) is 22.5. The van der Waals surface area contributed by atoms with Gasteiger partial charge in [-0.3, -0.25) is 9.59 Å². The Bertz CT molecular complexity index is 966. The minimum Gasteiger partial charge on any atom is -0.376 e. The monoisotopic (exact) mass is 439 g/mol. The van der Waals surface area contributed by atoms with Gasteiger partial charge in [-0.25, -0.2) is 4.98 Å². The molecule has 172 valence electrons. The van der Waals surface area contributed by atoms with Crippen molar-refractivity contribution < 1.29 is 14.3 Å². The number of hydrogen-bond donors (Lipinski definition) is 2. The van der Waals surface area contributed by atoms with Crippen molar-refractivity contribution in [3.63, 3.8) is 0 Å². The number of benzene rings is 1. The quantitative estimate of drug-likeness (QED) is 0.689. The molecule has 0 saturated carbocycles. The fraction of sp³-hybridized carbons (Fsp3) is 0.542. The maximum Gasteiger partial charge on any atom is 0.224 e. The Hall–Kier alpha value is -2.71. The Labute approximate surface area is 189 Å². The molecule has 2 amide bonds. The van der Waals surface area contributed by atoms with Crippen LogP contribution in [-0.2, 0) is 14.3 Å². The summed E-state index contributed by atoms with van der Waals surface area (Å²) in [6.07, 6.45) is 2.45. The minimum absolute atomic E-state index is 0.110. The lowest BCUT2D eigenvalue weighted by Gasteiger charge is -2.33. The van der Waals surface area contributed by atoms with Gasteiger partial charge in [0.25, 0.3) is 0 Å². The number of ether oxygens (including phenoxy) is 1. The van der Waals surface area contributed by atoms with E-state index in [1.807, 2.05) is 18.2 Å². The fourth-order valence-electron chi connectivity index (χ4n) is 4.22. The number of aryl methyl sites for hydroxylation is 1. The summed E-state index contributed by atoms with van der Waals surface area (Å²) in [6.45, 7) is 7.39. The summed E-state index contributed by atoms with van der Waals surface area (Å²) >= 11 is 0. The van der Waals surface area contributed by atoms with Gasteiger partial charge in [0, 0.05) is 63.2 Å². The van der Waals surface area contributed by atoms with Gasteiger partial charge in [0.1, 0.15) is 5.82 Å². The zero-order chi connectivity index (χ0) is 22.5. The molecule has 1 atom stereocenters. The predicted molar refractivity (Wildman–Crippen MR) is 126 cm³/mol. The largest absolute Gasteiger partial charge is 0.376 e. The number of anilines is 2. The van der Waals surface area contributed by atoms with Gasteiger partial charge in [0.2, 0.25) is 11.8 Å². The van der Waals surface area contributed by atoms with E-state index in [0.29, 0.717) is 6.54 Å². The summed E-state index contributed by atoms with van der Waals surface area (Å²) in [5, 5.41) is 6.78. The van der Waals surface area contributed by atoms with Crippen molar-refractivity contribution in [1.82, 2.24) is 15.2 Å². The van der Waals surface area contributed by atoms with Crippen molar-refractivity contribution in [3.8, 4) is 0 Å². The average molecular weight is 440 g/mol. The van der Waals surface area contributed by atoms with Gasteiger partial charge in [-0.05, 0) is 56.6 Å². The number of nitrogens with zero attached hydrogens (tertiary/aromatic N) is 3. The molecule has 2 aromatic rings. The SMILES string of the molecule is Cc1cc(N2CCN(C)CC2)nc2ccc(NC(=O)CCC(=O)NC[C@H]3CCCO3)cc12. The number of piperazine rings is 1. The number of nitrogens with one attached hydrogen (secondary N) is 2. The number of aromatic nitrogens is 1. The van der Waals surface area contributed by atoms with Crippen molar-refractivity contribution in [3.05, 3.63) is 29.8 Å². The van der Waals surface area contributed by atoms with Crippen LogP contribution in [0.25, 0.3) is 10.9 Å². The zero-order valence-corrected chi connectivity index (χ0v) is 19.0. The van der Waals surface area contributed by atoms with Gasteiger partial charge in [-0.15, -0.1) is 0 Å². The molecule has 0 unspecified atom stereocenters. The molecule has 0 radical (unpaired) electrons. The number of likely N-dealkylation sites (N-methyl/N-ethyl adjacent to an activating group) is 1. The second-order valence-electron chi connectivity index (χ2n) is 8.81. The lowest BCUT2D eigenvalue weighted by molar-refractivity contribution is -0.124. The van der Waals surface area contributed by atoms with Crippen LogP contribution >= 0.6 is 0 Å². The maximum absolute atomic E-state index is 12.3. The molecule has 1 aromatic heterocycles. The second-order valence-corrected chi connectivity index (χ2v) is 8.81. The van der Waals surface area contributed by atoms with Gasteiger partial charge in [-0.2, -0.15) is 0 Å². The molecule has 0 aliphatic carbocycles. The predicted octanol–water partition coefficient (Wildman–Crippen LogP) is 2.31. The summed E-state index contributed by atoms with van der Waals surface area (Å²) in [5.41, 5.74) is 2.78. The minimum atomic E-state index is -0.170. The van der Waals surface area contributed by atoms with Crippen LogP contribution in [0.4, 0.5) is 11.5 Å². The Kier molecular flexibility index (Phi) is 7.22. The third-order valence-corrected chi connectivity index (χ3v) is 6.24. The third-order valence-electron chi connectivity index (χ3n) is 6.24. The van der Waals surface area contributed by atoms with Crippen LogP contribution < -0.4 is 15.5 Å². The van der Waals surface area contributed by atoms with Gasteiger partial charge < -0.3 is 25.2 Å². The molecule has 2 aliphatic rings. The fourth-order valence-corrected chi connectivity index (χ4v) is 4.22. The van der Waals surface area contributed by atoms with E-state index in [0.717, 1.165) is 73.6 Å². The van der Waals surface area contributed by atoms with E-state index in [1.54, 1.807) is 0 Å². The highest BCUT2D eigenvalue weighted by atomic mass is 16.5. The molecule has 3 heterocycles. The Morgan fingerprint density at radius 2 is 1.91 bits per heavy atom. The molecule has 1 aromatic carbocycles. The highest BCUT2D eigenvalue weighted by molar-refractivity contribution is 5.96. The highest BCUT2D eigenvalue weighted by Gasteiger charge is 2.18. The second kappa shape index (κ2) is 10.3. The summed E-state index contributed by atoms with van der Waals surface area (Å²) in [7, 11) is 2.14. The Morgan fingerprint density at radius 3 is 2.66 bits per heavy atom. The number of carbonyl (C=O) groups is 2. The topological polar surface area (TPSA) is 86.8 Å². The maximum atomic E-state index is 12.3. The molecule has 8 heteroatoms. The van der Waals surface area contributed by atoms with Crippen LogP contribution in [0.15, 0.2) is 24.3 Å². The van der Waals surface area contributed by atoms with Crippen molar-refractivity contribution >= 4 is 34.2 Å². The number of hydrogen-bond acceptors (Lipinski definition) is 6. The molecule has 4 rings (SSSR count). The average Bonchev–Trinajstić information content (AvgIpc) is 3.31. The zero-order valence-electron chi connectivity index (χ0n) is 19.0. The van der Waals surface area contributed by atoms with E-state index in [1.165, 1.54) is 0 Å². The Morgan fingerprint density at radius 1 is 1.12 bits per heavy atom. The molecule has 2 saturated heterocycles. The summed E-state index contributed by atoms with van der Waals surface area (Å²) in [5.74, 6) is 0.718. The Balaban J connectivity index is 1.32. The van der Waals surface area contributed by atoms with Crippen LogP contribution in [0.1, 0.15) is 31.2 Å². The number of amides is 2. The van der Waals surface area contributed by atoms with E-state index >= 15 is 0 Å². The molecule has 2 fully saturated rings. The van der Waals surface area contributed by atoms with Gasteiger partial charge >= 0.3 is 0 Å². The van der Waals surface area contributed by atoms with Crippen LogP contribution in [0.2, 0.25) is 0 Å². The first-order chi connectivity index (χ1) is 15.5. The molecule has 0 bridgehead atoms. The molecule has 8 nitrogen and oxygen atoms in total. The third kappa shape index (κ3) is 5.75. The standard InChI is InChI=1S/C24H33N5O3/c1-17-14-22(29-11-9-28(2)10-12-29)27-21-6-5-18(15-20(17)21)26-24(31)8-7-23(30)25-16-19-4-3-13-32-19/h5-6,14-15,19H,3-4,7-13,16H2,1-2H3,(H,25,30)(H,26,31)/t19-/m1/s1. The first-order valence-electron chi connectivity index (χ1n) is 11.5. The molecule has 2 N–H and O–H groups in total. The molecular weight excluding hydrogens is 406 g/mol. The lowest BCUT2D eigenvalue weighted by Crippen LogP contribution is -2.44. The lowest BCUT2D eigenvalue weighted by atomic mass is 10.1. The van der Waals surface area contributed by atoms with Crippen LogP contribution in [0, 0.1) is 6.92 Å². The number of carbonyl (C=O) groups excluding carboxylic acids is 2. The van der Waals surface area contributed by atoms with Gasteiger partial charge in [-0.1, -0.05) is 0 Å². The molecule has 0 spiro atoms. The van der Waals surface area contributed by atoms with E-state index in [9.17, 15) is 9.59 Å². The van der Waals surface area contributed by atoms with Crippen LogP contribution in [0.5, 0.6) is 0 Å². The van der Waals surface area contributed by atoms with E-state index < -0.39 is 0 Å². The van der Waals surface area contributed by atoms with Gasteiger partial charge in [0.05, 0.1) is 11.6 Å². The van der Waals surface area contributed by atoms with Crippen LogP contribution in [0.3, 0.4) is 0 Å². The van der Waals surface area contributed by atoms with Crippen LogP contribution in [-0.4, -0.2) is 74.2 Å². The van der Waals surface area contributed by atoms with E-state index in [2.05, 4.69) is 40.5 Å². The number of rotatable bonds is 7. The van der Waals surface area contributed by atoms with Gasteiger partial charge in [0.15, 0.2) is 0 Å². The number of pyridine rings is 1. The van der Waals surface area contributed by atoms with Crippen molar-refractivity contribution in [1.29, 1.82) is 0 Å². The smallest absolute Gasteiger partial charge is 0.224 e. The first-order valence-corrected chi connectivity index (χ1v) is 11.5. The van der Waals surface area contributed by atoms with Crippen molar-refractivity contribution in [2.75, 3.05) is 56.6 Å². The molecular formula is C24H33N5O3. The molecule has 32 heavy (non-hydrogen) atoms. The normalized spacial score (nSPS) is 19.3. The van der Waals surface area contributed by atoms with E-state index in [-0.39, 0.29) is 30.8 Å². The molecule has 2 aliphatic heterocycles. The van der Waals surface area contributed by atoms with Crippen molar-refractivity contribution in [2.24, 2.45) is 0 Å². The summed E-state index contributed by atoms with van der Waals surface area (Å²) < 4.78 is 5.50. The highest BCUT2D eigenvalue weighted by Crippen LogP contribution is 2.26. The summed E-state index contributed by atoms with van der Waals surface area (Å²) in [6, 6.07) is 7.91. The van der Waals surface area contributed by atoms with Crippen molar-refractivity contribution in [2.45, 2.75) is 38.7 Å². The van der Waals surface area contributed by atoms with E-state index in [4.69, 9.17) is 9.72 Å².